The van der Waals surface area contributed by atoms with Crippen molar-refractivity contribution in [3.05, 3.63) is 34.6 Å². The van der Waals surface area contributed by atoms with E-state index in [0.717, 1.165) is 12.8 Å². The lowest BCUT2D eigenvalue weighted by molar-refractivity contribution is -0.152. The highest BCUT2D eigenvalue weighted by Crippen LogP contribution is 2.20. The average molecular weight is 328 g/mol. The molecule has 0 N–H and O–H groups in total. The molecule has 0 spiro atoms. The molecule has 22 heavy (non-hydrogen) atoms. The predicted octanol–water partition coefficient (Wildman–Crippen LogP) is 2.82. The molecule has 120 valence electrons. The smallest absolute Gasteiger partial charge is 0.310 e. The molecule has 1 atom stereocenters. The molecular weight excluding hydrogens is 309 g/mol. The Balaban J connectivity index is 1.84. The molecule has 0 unspecified atom stereocenters. The number of hydrogen-bond acceptors (Lipinski definition) is 3. The van der Waals surface area contributed by atoms with Gasteiger partial charge >= 0.3 is 5.97 Å². The van der Waals surface area contributed by atoms with E-state index in [1.807, 2.05) is 0 Å². The second kappa shape index (κ2) is 7.58. The number of ether oxygens (including phenoxy) is 1. The summed E-state index contributed by atoms with van der Waals surface area (Å²) < 4.78 is 18.5. The highest BCUT2D eigenvalue weighted by Gasteiger charge is 2.22. The second-order valence-corrected chi connectivity index (χ2v) is 6.03. The zero-order valence-electron chi connectivity index (χ0n) is 12.5. The van der Waals surface area contributed by atoms with Crippen molar-refractivity contribution in [2.75, 3.05) is 19.7 Å². The molecule has 1 aliphatic heterocycles. The number of esters is 1. The summed E-state index contributed by atoms with van der Waals surface area (Å²) in [5.41, 5.74) is 0.0909. The minimum Gasteiger partial charge on any atom is -0.455 e. The van der Waals surface area contributed by atoms with Crippen LogP contribution in [-0.2, 0) is 20.7 Å². The van der Waals surface area contributed by atoms with Crippen molar-refractivity contribution in [2.45, 2.75) is 26.2 Å². The lowest BCUT2D eigenvalue weighted by atomic mass is 10.0. The SMILES string of the molecule is C[C@H]1CCCN(C(=O)COC(=O)Cc2c(F)cccc2Cl)C1. The number of hydrogen-bond donors (Lipinski definition) is 0. The van der Waals surface area contributed by atoms with E-state index in [1.165, 1.54) is 18.2 Å². The largest absolute Gasteiger partial charge is 0.455 e. The normalized spacial score (nSPS) is 18.1. The van der Waals surface area contributed by atoms with E-state index in [0.29, 0.717) is 19.0 Å². The van der Waals surface area contributed by atoms with Crippen molar-refractivity contribution in [3.63, 3.8) is 0 Å². The van der Waals surface area contributed by atoms with E-state index in [1.54, 1.807) is 4.90 Å². The quantitative estimate of drug-likeness (QED) is 0.799. The Bertz CT molecular complexity index is 544. The van der Waals surface area contributed by atoms with E-state index in [9.17, 15) is 14.0 Å². The molecule has 1 aromatic carbocycles. The summed E-state index contributed by atoms with van der Waals surface area (Å²) in [7, 11) is 0. The number of benzene rings is 1. The number of rotatable bonds is 4. The molecule has 0 saturated carbocycles. The summed E-state index contributed by atoms with van der Waals surface area (Å²) in [5, 5.41) is 0.174. The van der Waals surface area contributed by atoms with Gasteiger partial charge in [0.15, 0.2) is 6.61 Å². The topological polar surface area (TPSA) is 46.6 Å². The molecule has 1 aliphatic rings. The maximum Gasteiger partial charge on any atom is 0.310 e. The molecular formula is C16H19ClFNO3. The lowest BCUT2D eigenvalue weighted by Crippen LogP contribution is -2.41. The average Bonchev–Trinajstić information content (AvgIpc) is 2.48. The fourth-order valence-electron chi connectivity index (χ4n) is 2.55. The molecule has 1 saturated heterocycles. The van der Waals surface area contributed by atoms with Crippen LogP contribution in [0.5, 0.6) is 0 Å². The third kappa shape index (κ3) is 4.44. The first-order valence-corrected chi connectivity index (χ1v) is 7.71. The number of carbonyl (C=O) groups is 2. The number of piperidine rings is 1. The monoisotopic (exact) mass is 327 g/mol. The van der Waals surface area contributed by atoms with Gasteiger partial charge in [-0.3, -0.25) is 9.59 Å². The van der Waals surface area contributed by atoms with Gasteiger partial charge in [-0.15, -0.1) is 0 Å². The minimum atomic E-state index is -0.662. The Morgan fingerprint density at radius 3 is 2.91 bits per heavy atom. The maximum atomic E-state index is 13.6. The number of amides is 1. The number of halogens is 2. The zero-order valence-corrected chi connectivity index (χ0v) is 13.2. The van der Waals surface area contributed by atoms with Crippen LogP contribution in [0, 0.1) is 11.7 Å². The van der Waals surface area contributed by atoms with Gasteiger partial charge in [-0.05, 0) is 30.9 Å². The molecule has 6 heteroatoms. The Labute approximate surface area is 134 Å². The van der Waals surface area contributed by atoms with Gasteiger partial charge in [-0.25, -0.2) is 4.39 Å². The van der Waals surface area contributed by atoms with Gasteiger partial charge < -0.3 is 9.64 Å². The van der Waals surface area contributed by atoms with E-state index in [2.05, 4.69) is 6.92 Å². The summed E-state index contributed by atoms with van der Waals surface area (Å²) in [6.45, 7) is 3.17. The molecule has 1 fully saturated rings. The molecule has 0 aliphatic carbocycles. The van der Waals surface area contributed by atoms with Crippen LogP contribution in [0.25, 0.3) is 0 Å². The van der Waals surface area contributed by atoms with Crippen LogP contribution in [0.1, 0.15) is 25.3 Å². The van der Waals surface area contributed by atoms with E-state index in [4.69, 9.17) is 16.3 Å². The van der Waals surface area contributed by atoms with E-state index >= 15 is 0 Å². The summed E-state index contributed by atoms with van der Waals surface area (Å²) in [4.78, 5) is 25.4. The van der Waals surface area contributed by atoms with Crippen LogP contribution in [0.3, 0.4) is 0 Å². The first-order chi connectivity index (χ1) is 10.5. The fourth-order valence-corrected chi connectivity index (χ4v) is 2.78. The molecule has 0 radical (unpaired) electrons. The van der Waals surface area contributed by atoms with Crippen LogP contribution in [-0.4, -0.2) is 36.5 Å². The van der Waals surface area contributed by atoms with Crippen molar-refractivity contribution in [3.8, 4) is 0 Å². The van der Waals surface area contributed by atoms with Crippen molar-refractivity contribution >= 4 is 23.5 Å². The van der Waals surface area contributed by atoms with Crippen molar-refractivity contribution in [2.24, 2.45) is 5.92 Å². The van der Waals surface area contributed by atoms with Crippen molar-refractivity contribution in [1.29, 1.82) is 0 Å². The molecule has 2 rings (SSSR count). The van der Waals surface area contributed by atoms with Gasteiger partial charge in [-0.2, -0.15) is 0 Å². The Kier molecular flexibility index (Phi) is 5.77. The fraction of sp³-hybridized carbons (Fsp3) is 0.500. The van der Waals surface area contributed by atoms with Gasteiger partial charge in [0.05, 0.1) is 6.42 Å². The van der Waals surface area contributed by atoms with E-state index in [-0.39, 0.29) is 29.5 Å². The van der Waals surface area contributed by atoms with Crippen LogP contribution < -0.4 is 0 Å². The summed E-state index contributed by atoms with van der Waals surface area (Å²) in [5.74, 6) is -0.962. The standard InChI is InChI=1S/C16H19ClFNO3/c1-11-4-3-7-19(9-11)15(20)10-22-16(21)8-12-13(17)5-2-6-14(12)18/h2,5-6,11H,3-4,7-10H2,1H3/t11-/m0/s1. The van der Waals surface area contributed by atoms with Gasteiger partial charge in [0.2, 0.25) is 0 Å². The Hall–Kier alpha value is -1.62. The predicted molar refractivity (Wildman–Crippen MR) is 81.1 cm³/mol. The summed E-state index contributed by atoms with van der Waals surface area (Å²) >= 11 is 5.85. The van der Waals surface area contributed by atoms with Gasteiger partial charge in [0.1, 0.15) is 5.82 Å². The third-order valence-corrected chi connectivity index (χ3v) is 4.10. The lowest BCUT2D eigenvalue weighted by Gasteiger charge is -2.30. The second-order valence-electron chi connectivity index (χ2n) is 5.62. The summed E-state index contributed by atoms with van der Waals surface area (Å²) in [6.07, 6.45) is 1.79. The van der Waals surface area contributed by atoms with Crippen LogP contribution in [0.15, 0.2) is 18.2 Å². The first-order valence-electron chi connectivity index (χ1n) is 7.33. The van der Waals surface area contributed by atoms with Gasteiger partial charge in [0, 0.05) is 23.7 Å². The third-order valence-electron chi connectivity index (χ3n) is 3.75. The highest BCUT2D eigenvalue weighted by atomic mass is 35.5. The minimum absolute atomic E-state index is 0.0909. The first kappa shape index (κ1) is 16.7. The molecule has 1 heterocycles. The summed E-state index contributed by atoms with van der Waals surface area (Å²) in [6, 6.07) is 4.20. The highest BCUT2D eigenvalue weighted by molar-refractivity contribution is 6.31. The number of carbonyl (C=O) groups excluding carboxylic acids is 2. The molecule has 1 amide bonds. The van der Waals surface area contributed by atoms with Crippen molar-refractivity contribution in [1.82, 2.24) is 4.90 Å². The molecule has 1 aromatic rings. The maximum absolute atomic E-state index is 13.6. The van der Waals surface area contributed by atoms with Crippen LogP contribution >= 0.6 is 11.6 Å². The van der Waals surface area contributed by atoms with Crippen LogP contribution in [0.4, 0.5) is 4.39 Å². The van der Waals surface area contributed by atoms with Crippen molar-refractivity contribution < 1.29 is 18.7 Å². The van der Waals surface area contributed by atoms with Crippen LogP contribution in [0.2, 0.25) is 5.02 Å². The Morgan fingerprint density at radius 2 is 2.23 bits per heavy atom. The van der Waals surface area contributed by atoms with Gasteiger partial charge in [0.25, 0.3) is 5.91 Å². The van der Waals surface area contributed by atoms with E-state index < -0.39 is 11.8 Å². The Morgan fingerprint density at radius 1 is 1.45 bits per heavy atom. The number of nitrogens with zero attached hydrogens (tertiary/aromatic N) is 1. The molecule has 0 aromatic heterocycles. The molecule has 4 nitrogen and oxygen atoms in total. The number of likely N-dealkylation sites (tertiary alicyclic amines) is 1. The van der Waals surface area contributed by atoms with Gasteiger partial charge in [-0.1, -0.05) is 24.6 Å². The molecule has 0 bridgehead atoms. The zero-order chi connectivity index (χ0) is 16.1.